The fourth-order valence-corrected chi connectivity index (χ4v) is 3.76. The van der Waals surface area contributed by atoms with Crippen molar-refractivity contribution in [2.45, 2.75) is 51.5 Å². The van der Waals surface area contributed by atoms with Crippen molar-refractivity contribution in [1.29, 1.82) is 0 Å². The maximum Gasteiger partial charge on any atom is 0.243 e. The minimum absolute atomic E-state index is 0.105. The van der Waals surface area contributed by atoms with Gasteiger partial charge in [-0.15, -0.1) is 0 Å². The summed E-state index contributed by atoms with van der Waals surface area (Å²) in [5, 5.41) is 18.0. The van der Waals surface area contributed by atoms with Gasteiger partial charge in [0.15, 0.2) is 0 Å². The first-order valence-electron chi connectivity index (χ1n) is 10.1. The smallest absolute Gasteiger partial charge is 0.243 e. The van der Waals surface area contributed by atoms with E-state index in [4.69, 9.17) is 4.74 Å². The second-order valence-electron chi connectivity index (χ2n) is 7.43. The van der Waals surface area contributed by atoms with Crippen LogP contribution in [0, 0.1) is 12.8 Å². The van der Waals surface area contributed by atoms with E-state index in [9.17, 15) is 14.7 Å². The highest BCUT2D eigenvalue weighted by Gasteiger charge is 2.23. The Kier molecular flexibility index (Phi) is 9.23. The zero-order valence-corrected chi connectivity index (χ0v) is 16.9. The average molecular weight is 392 g/mol. The van der Waals surface area contributed by atoms with E-state index in [2.05, 4.69) is 16.0 Å². The summed E-state index contributed by atoms with van der Waals surface area (Å²) in [6.07, 6.45) is 6.61. The van der Waals surface area contributed by atoms with E-state index in [1.54, 1.807) is 13.2 Å². The minimum Gasteiger partial charge on any atom is -0.495 e. The highest BCUT2D eigenvalue weighted by Crippen LogP contribution is 2.27. The molecule has 0 radical (unpaired) electrons. The standard InChI is InChI=1S/C21H33N3O4/c1-15-8-9-19(28-2)18(12-15)24-21(27)14-23-20(26)13-22-17(10-11-25)16-6-4-3-5-7-16/h8-9,12,16-17,22,25H,3-7,10-11,13-14H2,1-2H3,(H,23,26)(H,24,27). The number of rotatable bonds is 10. The second kappa shape index (κ2) is 11.7. The zero-order chi connectivity index (χ0) is 20.4. The summed E-state index contributed by atoms with van der Waals surface area (Å²) < 4.78 is 5.24. The number of nitrogens with one attached hydrogen (secondary N) is 3. The molecule has 7 heteroatoms. The van der Waals surface area contributed by atoms with Crippen molar-refractivity contribution in [2.24, 2.45) is 5.92 Å². The number of ether oxygens (including phenoxy) is 1. The van der Waals surface area contributed by atoms with E-state index in [1.807, 2.05) is 19.1 Å². The summed E-state index contributed by atoms with van der Waals surface area (Å²) in [7, 11) is 1.54. The lowest BCUT2D eigenvalue weighted by atomic mass is 9.83. The maximum atomic E-state index is 12.1. The molecule has 2 rings (SSSR count). The summed E-state index contributed by atoms with van der Waals surface area (Å²) in [5.74, 6) is 0.540. The molecule has 0 aromatic heterocycles. The van der Waals surface area contributed by atoms with Crippen LogP contribution in [0.5, 0.6) is 5.75 Å². The minimum atomic E-state index is -0.309. The fraction of sp³-hybridized carbons (Fsp3) is 0.619. The van der Waals surface area contributed by atoms with Crippen molar-refractivity contribution in [3.05, 3.63) is 23.8 Å². The lowest BCUT2D eigenvalue weighted by molar-refractivity contribution is -0.123. The van der Waals surface area contributed by atoms with Gasteiger partial charge >= 0.3 is 0 Å². The lowest BCUT2D eigenvalue weighted by Gasteiger charge is -2.30. The van der Waals surface area contributed by atoms with E-state index < -0.39 is 0 Å². The van der Waals surface area contributed by atoms with E-state index in [0.717, 1.165) is 18.4 Å². The number of amides is 2. The van der Waals surface area contributed by atoms with Gasteiger partial charge in [0.1, 0.15) is 5.75 Å². The largest absolute Gasteiger partial charge is 0.495 e. The van der Waals surface area contributed by atoms with Crippen molar-refractivity contribution >= 4 is 17.5 Å². The summed E-state index contributed by atoms with van der Waals surface area (Å²) in [6.45, 7) is 2.07. The van der Waals surface area contributed by atoms with Gasteiger partial charge in [-0.2, -0.15) is 0 Å². The number of aryl methyl sites for hydroxylation is 1. The Morgan fingerprint density at radius 2 is 1.93 bits per heavy atom. The monoisotopic (exact) mass is 391 g/mol. The lowest BCUT2D eigenvalue weighted by Crippen LogP contribution is -2.45. The molecule has 1 aliphatic rings. The van der Waals surface area contributed by atoms with Crippen molar-refractivity contribution < 1.29 is 19.4 Å². The molecule has 0 saturated heterocycles. The van der Waals surface area contributed by atoms with Gasteiger partial charge in [0.25, 0.3) is 0 Å². The Morgan fingerprint density at radius 3 is 2.61 bits per heavy atom. The Balaban J connectivity index is 1.76. The molecule has 0 aliphatic heterocycles. The van der Waals surface area contributed by atoms with Crippen molar-refractivity contribution in [1.82, 2.24) is 10.6 Å². The summed E-state index contributed by atoms with van der Waals surface area (Å²) in [5.41, 5.74) is 1.59. The van der Waals surface area contributed by atoms with E-state index in [0.29, 0.717) is 23.8 Å². The summed E-state index contributed by atoms with van der Waals surface area (Å²) in [4.78, 5) is 24.3. The molecule has 2 amide bonds. The van der Waals surface area contributed by atoms with Gasteiger partial charge in [-0.25, -0.2) is 0 Å². The van der Waals surface area contributed by atoms with E-state index in [-0.39, 0.29) is 37.6 Å². The molecular weight excluding hydrogens is 358 g/mol. The molecule has 1 aliphatic carbocycles. The third-order valence-corrected chi connectivity index (χ3v) is 5.26. The van der Waals surface area contributed by atoms with Crippen LogP contribution in [0.2, 0.25) is 0 Å². The van der Waals surface area contributed by atoms with Crippen LogP contribution in [-0.4, -0.2) is 49.8 Å². The first-order chi connectivity index (χ1) is 13.5. The van der Waals surface area contributed by atoms with Gasteiger partial charge in [-0.1, -0.05) is 25.3 Å². The van der Waals surface area contributed by atoms with Crippen molar-refractivity contribution in [3.8, 4) is 5.75 Å². The van der Waals surface area contributed by atoms with Crippen LogP contribution < -0.4 is 20.7 Å². The van der Waals surface area contributed by atoms with E-state index in [1.165, 1.54) is 19.3 Å². The Labute approximate surface area is 167 Å². The molecule has 1 aromatic rings. The second-order valence-corrected chi connectivity index (χ2v) is 7.43. The number of benzene rings is 1. The molecule has 1 unspecified atom stereocenters. The van der Waals surface area contributed by atoms with Crippen molar-refractivity contribution in [3.63, 3.8) is 0 Å². The molecule has 7 nitrogen and oxygen atoms in total. The van der Waals surface area contributed by atoms with Crippen molar-refractivity contribution in [2.75, 3.05) is 32.1 Å². The number of anilines is 1. The predicted octanol–water partition coefficient (Wildman–Crippen LogP) is 1.98. The molecule has 0 spiro atoms. The van der Waals surface area contributed by atoms with Crippen LogP contribution in [0.1, 0.15) is 44.1 Å². The molecule has 0 bridgehead atoms. The fourth-order valence-electron chi connectivity index (χ4n) is 3.76. The first kappa shape index (κ1) is 22.2. The molecule has 1 fully saturated rings. The van der Waals surface area contributed by atoms with Crippen LogP contribution in [0.15, 0.2) is 18.2 Å². The Morgan fingerprint density at radius 1 is 1.18 bits per heavy atom. The molecule has 0 heterocycles. The Hall–Kier alpha value is -2.12. The third kappa shape index (κ3) is 7.13. The number of aliphatic hydroxyl groups excluding tert-OH is 1. The topological polar surface area (TPSA) is 99.7 Å². The number of hydrogen-bond acceptors (Lipinski definition) is 5. The average Bonchev–Trinajstić information content (AvgIpc) is 2.70. The number of aliphatic hydroxyl groups is 1. The van der Waals surface area contributed by atoms with Crippen LogP contribution in [0.4, 0.5) is 5.69 Å². The van der Waals surface area contributed by atoms with Gasteiger partial charge < -0.3 is 25.8 Å². The van der Waals surface area contributed by atoms with Crippen LogP contribution >= 0.6 is 0 Å². The van der Waals surface area contributed by atoms with Gasteiger partial charge in [-0.05, 0) is 49.8 Å². The van der Waals surface area contributed by atoms with Crippen LogP contribution in [-0.2, 0) is 9.59 Å². The highest BCUT2D eigenvalue weighted by molar-refractivity contribution is 5.96. The van der Waals surface area contributed by atoms with Crippen LogP contribution in [0.3, 0.4) is 0 Å². The number of methoxy groups -OCH3 is 1. The molecule has 1 saturated carbocycles. The normalized spacial score (nSPS) is 15.7. The van der Waals surface area contributed by atoms with Gasteiger partial charge in [0.2, 0.25) is 11.8 Å². The first-order valence-corrected chi connectivity index (χ1v) is 10.1. The predicted molar refractivity (Wildman–Crippen MR) is 109 cm³/mol. The molecule has 156 valence electrons. The van der Waals surface area contributed by atoms with Gasteiger partial charge in [0, 0.05) is 12.6 Å². The molecule has 1 aromatic carbocycles. The zero-order valence-electron chi connectivity index (χ0n) is 16.9. The number of hydrogen-bond donors (Lipinski definition) is 4. The summed E-state index contributed by atoms with van der Waals surface area (Å²) >= 11 is 0. The third-order valence-electron chi connectivity index (χ3n) is 5.26. The maximum absolute atomic E-state index is 12.1. The Bertz CT molecular complexity index is 645. The van der Waals surface area contributed by atoms with Crippen LogP contribution in [0.25, 0.3) is 0 Å². The quantitative estimate of drug-likeness (QED) is 0.489. The number of carbonyl (C=O) groups excluding carboxylic acids is 2. The van der Waals surface area contributed by atoms with Gasteiger partial charge in [0.05, 0.1) is 25.9 Å². The molecule has 4 N–H and O–H groups in total. The summed E-state index contributed by atoms with van der Waals surface area (Å²) in [6, 6.07) is 5.65. The SMILES string of the molecule is COc1ccc(C)cc1NC(=O)CNC(=O)CNC(CCO)C1CCCCC1. The molecule has 1 atom stereocenters. The van der Waals surface area contributed by atoms with Gasteiger partial charge in [-0.3, -0.25) is 9.59 Å². The number of carbonyl (C=O) groups is 2. The van der Waals surface area contributed by atoms with E-state index >= 15 is 0 Å². The molecule has 28 heavy (non-hydrogen) atoms. The highest BCUT2D eigenvalue weighted by atomic mass is 16.5. The molecular formula is C21H33N3O4.